The number of aliphatic hydroxyl groups is 5. The lowest BCUT2D eigenvalue weighted by atomic mass is 10.3. The monoisotopic (exact) mass is 160 g/mol. The molecule has 62 valence electrons. The van der Waals surface area contributed by atoms with Gasteiger partial charge in [0.25, 0.3) is 0 Å². The zero-order chi connectivity index (χ0) is 9.02. The van der Waals surface area contributed by atoms with Gasteiger partial charge < -0.3 is 25.5 Å². The molecule has 0 rings (SSSR count). The second kappa shape index (κ2) is 3.40. The smallest absolute Gasteiger partial charge is 0.207 e. The fraction of sp³-hybridized carbons (Fsp3) is 0. The van der Waals surface area contributed by atoms with E-state index in [1.807, 2.05) is 0 Å². The average Bonchev–Trinajstić information content (AvgIpc) is 2.00. The standard InChI is InChI=1S/C6H8O5/c1-3(8)5(10)6(11)4(9)2-7/h2,7-11H,1H2/b4-2+,6-5-. The van der Waals surface area contributed by atoms with Crippen molar-refractivity contribution in [3.63, 3.8) is 0 Å². The zero-order valence-corrected chi connectivity index (χ0v) is 5.52. The van der Waals surface area contributed by atoms with E-state index in [0.717, 1.165) is 0 Å². The van der Waals surface area contributed by atoms with E-state index < -0.39 is 23.0 Å². The van der Waals surface area contributed by atoms with Crippen LogP contribution in [0.3, 0.4) is 0 Å². The Labute approximate surface area is 62.5 Å². The van der Waals surface area contributed by atoms with Crippen LogP contribution in [0.1, 0.15) is 0 Å². The first-order valence-electron chi connectivity index (χ1n) is 2.54. The molecule has 0 aliphatic carbocycles. The molecule has 0 saturated heterocycles. The lowest BCUT2D eigenvalue weighted by Gasteiger charge is -2.00. The highest BCUT2D eigenvalue weighted by molar-refractivity contribution is 5.27. The lowest BCUT2D eigenvalue weighted by molar-refractivity contribution is 0.254. The topological polar surface area (TPSA) is 101 Å². The van der Waals surface area contributed by atoms with Crippen molar-refractivity contribution in [1.82, 2.24) is 0 Å². The minimum absolute atomic E-state index is 0.161. The van der Waals surface area contributed by atoms with Gasteiger partial charge in [-0.15, -0.1) is 0 Å². The van der Waals surface area contributed by atoms with E-state index in [1.165, 1.54) is 0 Å². The zero-order valence-electron chi connectivity index (χ0n) is 5.52. The van der Waals surface area contributed by atoms with Crippen molar-refractivity contribution >= 4 is 0 Å². The molecular weight excluding hydrogens is 152 g/mol. The minimum atomic E-state index is -1.04. The summed E-state index contributed by atoms with van der Waals surface area (Å²) in [6.07, 6.45) is 0.161. The van der Waals surface area contributed by atoms with E-state index in [-0.39, 0.29) is 6.26 Å². The highest BCUT2D eigenvalue weighted by Gasteiger charge is 2.10. The van der Waals surface area contributed by atoms with E-state index in [0.29, 0.717) is 0 Å². The van der Waals surface area contributed by atoms with Crippen molar-refractivity contribution < 1.29 is 25.5 Å². The Balaban J connectivity index is 4.81. The van der Waals surface area contributed by atoms with Crippen molar-refractivity contribution in [2.75, 3.05) is 0 Å². The molecule has 0 aliphatic rings. The van der Waals surface area contributed by atoms with E-state index in [1.54, 1.807) is 0 Å². The first-order valence-corrected chi connectivity index (χ1v) is 2.54. The first kappa shape index (κ1) is 9.22. The van der Waals surface area contributed by atoms with Crippen molar-refractivity contribution in [1.29, 1.82) is 0 Å². The molecule has 0 aliphatic heterocycles. The van der Waals surface area contributed by atoms with Crippen LogP contribution in [0.2, 0.25) is 0 Å². The molecule has 0 radical (unpaired) electrons. The van der Waals surface area contributed by atoms with Gasteiger partial charge in [-0.1, -0.05) is 6.58 Å². The third-order valence-electron chi connectivity index (χ3n) is 0.863. The summed E-state index contributed by atoms with van der Waals surface area (Å²) in [6, 6.07) is 0. The molecule has 11 heavy (non-hydrogen) atoms. The highest BCUT2D eigenvalue weighted by atomic mass is 16.4. The summed E-state index contributed by atoms with van der Waals surface area (Å²) >= 11 is 0. The number of aliphatic hydroxyl groups excluding tert-OH is 5. The molecule has 0 fully saturated rings. The predicted octanol–water partition coefficient (Wildman–Crippen LogP) is 1.34. The summed E-state index contributed by atoms with van der Waals surface area (Å²) in [5.74, 6) is -3.80. The number of rotatable bonds is 2. The SMILES string of the molecule is C=C(O)/C(O)=C(O)\C(O)=C/O. The number of hydrogen-bond donors (Lipinski definition) is 5. The van der Waals surface area contributed by atoms with Crippen LogP contribution >= 0.6 is 0 Å². The summed E-state index contributed by atoms with van der Waals surface area (Å²) < 4.78 is 0. The lowest BCUT2D eigenvalue weighted by Crippen LogP contribution is -1.96. The molecule has 0 unspecified atom stereocenters. The van der Waals surface area contributed by atoms with Crippen LogP contribution < -0.4 is 0 Å². The van der Waals surface area contributed by atoms with Gasteiger partial charge in [-0.05, 0) is 0 Å². The summed E-state index contributed by atoms with van der Waals surface area (Å²) in [4.78, 5) is 0. The Morgan fingerprint density at radius 2 is 1.45 bits per heavy atom. The van der Waals surface area contributed by atoms with Crippen molar-refractivity contribution in [3.05, 3.63) is 35.9 Å². The van der Waals surface area contributed by atoms with E-state index in [2.05, 4.69) is 6.58 Å². The van der Waals surface area contributed by atoms with Gasteiger partial charge in [-0.3, -0.25) is 0 Å². The Hall–Kier alpha value is -1.78. The highest BCUT2D eigenvalue weighted by Crippen LogP contribution is 2.10. The molecule has 5 N–H and O–H groups in total. The van der Waals surface area contributed by atoms with Gasteiger partial charge >= 0.3 is 0 Å². The fourth-order valence-electron chi connectivity index (χ4n) is 0.319. The van der Waals surface area contributed by atoms with Gasteiger partial charge in [-0.25, -0.2) is 0 Å². The van der Waals surface area contributed by atoms with Crippen LogP contribution in [0.5, 0.6) is 0 Å². The van der Waals surface area contributed by atoms with Crippen LogP contribution in [-0.2, 0) is 0 Å². The van der Waals surface area contributed by atoms with Crippen LogP contribution in [0.15, 0.2) is 35.9 Å². The van der Waals surface area contributed by atoms with Crippen molar-refractivity contribution in [2.45, 2.75) is 0 Å². The van der Waals surface area contributed by atoms with Gasteiger partial charge in [0.1, 0.15) is 6.26 Å². The fourth-order valence-corrected chi connectivity index (χ4v) is 0.319. The Kier molecular flexibility index (Phi) is 2.85. The molecule has 0 bridgehead atoms. The van der Waals surface area contributed by atoms with E-state index in [9.17, 15) is 0 Å². The molecule has 0 saturated carbocycles. The molecule has 0 heterocycles. The molecule has 0 amide bonds. The summed E-state index contributed by atoms with van der Waals surface area (Å²) in [6.45, 7) is 2.86. The Morgan fingerprint density at radius 3 is 1.73 bits per heavy atom. The van der Waals surface area contributed by atoms with E-state index >= 15 is 0 Å². The van der Waals surface area contributed by atoms with Crippen LogP contribution in [-0.4, -0.2) is 25.5 Å². The molecule has 0 spiro atoms. The Morgan fingerprint density at radius 1 is 1.00 bits per heavy atom. The molecule has 5 heteroatoms. The average molecular weight is 160 g/mol. The first-order chi connectivity index (χ1) is 5.00. The van der Waals surface area contributed by atoms with Gasteiger partial charge in [0.2, 0.25) is 11.5 Å². The molecular formula is C6H8O5. The maximum Gasteiger partial charge on any atom is 0.207 e. The maximum absolute atomic E-state index is 8.69. The Bertz CT molecular complexity index is 225. The number of hydrogen-bond acceptors (Lipinski definition) is 5. The molecule has 0 aromatic rings. The largest absolute Gasteiger partial charge is 0.512 e. The maximum atomic E-state index is 8.69. The quantitative estimate of drug-likeness (QED) is 0.310. The third kappa shape index (κ3) is 2.13. The summed E-state index contributed by atoms with van der Waals surface area (Å²) in [7, 11) is 0. The molecule has 0 aromatic carbocycles. The van der Waals surface area contributed by atoms with Crippen LogP contribution in [0, 0.1) is 0 Å². The normalized spacial score (nSPS) is 14.0. The van der Waals surface area contributed by atoms with Gasteiger partial charge in [0.05, 0.1) is 0 Å². The van der Waals surface area contributed by atoms with Crippen LogP contribution in [0.25, 0.3) is 0 Å². The van der Waals surface area contributed by atoms with E-state index in [4.69, 9.17) is 25.5 Å². The second-order valence-electron chi connectivity index (χ2n) is 1.66. The van der Waals surface area contributed by atoms with Gasteiger partial charge in [-0.2, -0.15) is 0 Å². The van der Waals surface area contributed by atoms with Crippen molar-refractivity contribution in [3.8, 4) is 0 Å². The minimum Gasteiger partial charge on any atom is -0.512 e. The summed E-state index contributed by atoms with van der Waals surface area (Å²) in [5, 5.41) is 42.4. The van der Waals surface area contributed by atoms with Gasteiger partial charge in [0, 0.05) is 0 Å². The predicted molar refractivity (Wildman–Crippen MR) is 37.4 cm³/mol. The van der Waals surface area contributed by atoms with Crippen LogP contribution in [0.4, 0.5) is 0 Å². The second-order valence-corrected chi connectivity index (χ2v) is 1.66. The molecule has 0 atom stereocenters. The summed E-state index contributed by atoms with van der Waals surface area (Å²) in [5.41, 5.74) is 0. The third-order valence-corrected chi connectivity index (χ3v) is 0.863. The molecule has 0 aromatic heterocycles. The van der Waals surface area contributed by atoms with Crippen molar-refractivity contribution in [2.24, 2.45) is 0 Å². The molecule has 5 nitrogen and oxygen atoms in total. The van der Waals surface area contributed by atoms with Gasteiger partial charge in [0.15, 0.2) is 11.5 Å².